The molecule has 6 nitrogen and oxygen atoms in total. The Morgan fingerprint density at radius 2 is 1.25 bits per heavy atom. The molecule has 0 radical (unpaired) electrons. The second kappa shape index (κ2) is 10.4. The number of hydrogen-bond acceptors (Lipinski definition) is 5. The summed E-state index contributed by atoms with van der Waals surface area (Å²) in [5, 5.41) is 5.68. The number of nitrogens with zero attached hydrogens (tertiary/aromatic N) is 5. The van der Waals surface area contributed by atoms with Crippen molar-refractivity contribution in [1.82, 2.24) is 24.5 Å². The van der Waals surface area contributed by atoms with Crippen molar-refractivity contribution in [2.24, 2.45) is 0 Å². The van der Waals surface area contributed by atoms with Crippen molar-refractivity contribution in [3.05, 3.63) is 152 Å². The van der Waals surface area contributed by atoms with E-state index < -0.39 is 0 Å². The van der Waals surface area contributed by atoms with Gasteiger partial charge >= 0.3 is 0 Å². The van der Waals surface area contributed by atoms with Crippen LogP contribution in [0.2, 0.25) is 0 Å². The van der Waals surface area contributed by atoms with Crippen LogP contribution in [0.15, 0.2) is 156 Å². The van der Waals surface area contributed by atoms with Crippen LogP contribution in [0.25, 0.3) is 94.5 Å². The molecule has 0 unspecified atom stereocenters. The van der Waals surface area contributed by atoms with Gasteiger partial charge in [-0.1, -0.05) is 103 Å². The standard InChI is InChI=1S/C42H25N5O/c1-2-11-27(12-3-1)40-44-41(30-21-22-33-37(25-30)48-36-18-9-23-43-39(33)36)46-42(45-40)47-34-16-7-6-14-32(34)38-31(15-8-17-35(38)47)29-20-19-26-10-4-5-13-28(26)24-29/h1-25H. The van der Waals surface area contributed by atoms with Gasteiger partial charge in [0.25, 0.3) is 0 Å². The highest BCUT2D eigenvalue weighted by molar-refractivity contribution is 6.16. The molecule has 0 saturated carbocycles. The van der Waals surface area contributed by atoms with E-state index in [0.717, 1.165) is 66.1 Å². The van der Waals surface area contributed by atoms with Crippen molar-refractivity contribution in [3.63, 3.8) is 0 Å². The fourth-order valence-electron chi connectivity index (χ4n) is 6.88. The second-order valence-corrected chi connectivity index (χ2v) is 11.9. The van der Waals surface area contributed by atoms with Crippen LogP contribution in [-0.4, -0.2) is 24.5 Å². The predicted octanol–water partition coefficient (Wildman–Crippen LogP) is 10.4. The van der Waals surface area contributed by atoms with Crippen LogP contribution < -0.4 is 0 Å². The smallest absolute Gasteiger partial charge is 0.238 e. The molecule has 10 aromatic rings. The maximum atomic E-state index is 6.19. The third-order valence-electron chi connectivity index (χ3n) is 9.10. The Morgan fingerprint density at radius 3 is 2.17 bits per heavy atom. The zero-order valence-corrected chi connectivity index (χ0v) is 25.6. The zero-order valence-electron chi connectivity index (χ0n) is 25.6. The van der Waals surface area contributed by atoms with Crippen molar-refractivity contribution in [1.29, 1.82) is 0 Å². The number of furan rings is 1. The number of pyridine rings is 1. The van der Waals surface area contributed by atoms with Gasteiger partial charge in [0.1, 0.15) is 11.1 Å². The van der Waals surface area contributed by atoms with Gasteiger partial charge in [-0.25, -0.2) is 4.98 Å². The third kappa shape index (κ3) is 4.13. The highest BCUT2D eigenvalue weighted by Gasteiger charge is 2.20. The Hall–Kier alpha value is -6.66. The lowest BCUT2D eigenvalue weighted by Crippen LogP contribution is -2.06. The average molecular weight is 616 g/mol. The molecule has 0 atom stereocenters. The normalized spacial score (nSPS) is 11.8. The van der Waals surface area contributed by atoms with Crippen molar-refractivity contribution in [2.45, 2.75) is 0 Å². The molecular weight excluding hydrogens is 590 g/mol. The van der Waals surface area contributed by atoms with E-state index in [1.165, 1.54) is 10.8 Å². The van der Waals surface area contributed by atoms with Crippen LogP contribution in [-0.2, 0) is 0 Å². The highest BCUT2D eigenvalue weighted by atomic mass is 16.3. The van der Waals surface area contributed by atoms with E-state index in [2.05, 4.69) is 94.5 Å². The summed E-state index contributed by atoms with van der Waals surface area (Å²) >= 11 is 0. The summed E-state index contributed by atoms with van der Waals surface area (Å²) in [6.45, 7) is 0. The van der Waals surface area contributed by atoms with Crippen LogP contribution in [0.4, 0.5) is 0 Å². The molecule has 10 rings (SSSR count). The molecule has 6 heteroatoms. The van der Waals surface area contributed by atoms with Crippen LogP contribution in [0, 0.1) is 0 Å². The molecule has 0 fully saturated rings. The zero-order chi connectivity index (χ0) is 31.6. The molecule has 0 spiro atoms. The van der Waals surface area contributed by atoms with Crippen LogP contribution in [0.5, 0.6) is 0 Å². The molecule has 0 bridgehead atoms. The Balaban J connectivity index is 1.23. The van der Waals surface area contributed by atoms with E-state index in [4.69, 9.17) is 19.4 Å². The molecule has 6 aromatic carbocycles. The summed E-state index contributed by atoms with van der Waals surface area (Å²) in [6.07, 6.45) is 1.78. The second-order valence-electron chi connectivity index (χ2n) is 11.9. The van der Waals surface area contributed by atoms with Gasteiger partial charge in [-0.15, -0.1) is 0 Å². The van der Waals surface area contributed by atoms with Crippen LogP contribution >= 0.6 is 0 Å². The van der Waals surface area contributed by atoms with Gasteiger partial charge in [-0.05, 0) is 64.4 Å². The minimum Gasteiger partial charge on any atom is -0.454 e. The van der Waals surface area contributed by atoms with Gasteiger partial charge < -0.3 is 4.42 Å². The van der Waals surface area contributed by atoms with Gasteiger partial charge in [0, 0.05) is 33.5 Å². The molecule has 0 amide bonds. The van der Waals surface area contributed by atoms with E-state index in [1.54, 1.807) is 6.20 Å². The summed E-state index contributed by atoms with van der Waals surface area (Å²) in [7, 11) is 0. The number of aromatic nitrogens is 5. The number of rotatable bonds is 4. The van der Waals surface area contributed by atoms with E-state index in [9.17, 15) is 0 Å². The molecule has 4 aromatic heterocycles. The number of fused-ring (bicyclic) bond motifs is 7. The Kier molecular flexibility index (Phi) is 5.77. The first kappa shape index (κ1) is 26.5. The molecule has 4 heterocycles. The third-order valence-corrected chi connectivity index (χ3v) is 9.10. The molecule has 0 aliphatic heterocycles. The fourth-order valence-corrected chi connectivity index (χ4v) is 6.88. The minimum atomic E-state index is 0.548. The SMILES string of the molecule is c1ccc(-c2nc(-c3ccc4c(c3)oc3cccnc34)nc(-n3c4ccccc4c4c(-c5ccc6ccccc6c5)cccc43)n2)cc1. The quantitative estimate of drug-likeness (QED) is 0.197. The van der Waals surface area contributed by atoms with Gasteiger partial charge in [0.2, 0.25) is 5.95 Å². The lowest BCUT2D eigenvalue weighted by Gasteiger charge is -2.11. The maximum Gasteiger partial charge on any atom is 0.238 e. The molecule has 224 valence electrons. The largest absolute Gasteiger partial charge is 0.454 e. The van der Waals surface area contributed by atoms with Gasteiger partial charge in [-0.2, -0.15) is 9.97 Å². The average Bonchev–Trinajstić information content (AvgIpc) is 3.70. The monoisotopic (exact) mass is 615 g/mol. The van der Waals surface area contributed by atoms with Crippen molar-refractivity contribution >= 4 is 54.6 Å². The lowest BCUT2D eigenvalue weighted by molar-refractivity contribution is 0.668. The first-order valence-electron chi connectivity index (χ1n) is 15.9. The highest BCUT2D eigenvalue weighted by Crippen LogP contribution is 2.39. The minimum absolute atomic E-state index is 0.548. The van der Waals surface area contributed by atoms with Crippen molar-refractivity contribution in [2.75, 3.05) is 0 Å². The fraction of sp³-hybridized carbons (Fsp3) is 0. The molecule has 48 heavy (non-hydrogen) atoms. The van der Waals surface area contributed by atoms with E-state index in [-0.39, 0.29) is 0 Å². The van der Waals surface area contributed by atoms with Gasteiger partial charge in [-0.3, -0.25) is 9.55 Å². The summed E-state index contributed by atoms with van der Waals surface area (Å²) in [5.41, 5.74) is 8.45. The Morgan fingerprint density at radius 1 is 0.479 bits per heavy atom. The number of para-hydroxylation sites is 1. The topological polar surface area (TPSA) is 69.6 Å². The Bertz CT molecular complexity index is 2850. The molecule has 0 aliphatic rings. The van der Waals surface area contributed by atoms with E-state index in [0.29, 0.717) is 17.6 Å². The molecular formula is C42H25N5O. The molecule has 0 aliphatic carbocycles. The van der Waals surface area contributed by atoms with Crippen LogP contribution in [0.3, 0.4) is 0 Å². The predicted molar refractivity (Wildman–Crippen MR) is 193 cm³/mol. The number of benzene rings is 6. The van der Waals surface area contributed by atoms with E-state index >= 15 is 0 Å². The van der Waals surface area contributed by atoms with Gasteiger partial charge in [0.05, 0.1) is 11.0 Å². The summed E-state index contributed by atoms with van der Waals surface area (Å²) in [4.78, 5) is 19.8. The number of hydrogen-bond donors (Lipinski definition) is 0. The van der Waals surface area contributed by atoms with E-state index in [1.807, 2.05) is 60.7 Å². The Labute approximate surface area is 274 Å². The first-order valence-corrected chi connectivity index (χ1v) is 15.9. The summed E-state index contributed by atoms with van der Waals surface area (Å²) in [6, 6.07) is 50.0. The van der Waals surface area contributed by atoms with Crippen molar-refractivity contribution in [3.8, 4) is 39.9 Å². The molecule has 0 saturated heterocycles. The van der Waals surface area contributed by atoms with Gasteiger partial charge in [0.15, 0.2) is 17.2 Å². The molecule has 0 N–H and O–H groups in total. The summed E-state index contributed by atoms with van der Waals surface area (Å²) in [5.74, 6) is 1.71. The maximum absolute atomic E-state index is 6.19. The van der Waals surface area contributed by atoms with Crippen LogP contribution in [0.1, 0.15) is 0 Å². The lowest BCUT2D eigenvalue weighted by atomic mass is 9.97. The first-order chi connectivity index (χ1) is 23.8. The summed E-state index contributed by atoms with van der Waals surface area (Å²) < 4.78 is 8.35. The van der Waals surface area contributed by atoms with Crippen molar-refractivity contribution < 1.29 is 4.42 Å².